The van der Waals surface area contributed by atoms with Crippen molar-refractivity contribution in [3.63, 3.8) is 0 Å². The zero-order valence-corrected chi connectivity index (χ0v) is 12.1. The van der Waals surface area contributed by atoms with Crippen molar-refractivity contribution in [3.8, 4) is 11.8 Å². The molecule has 3 heteroatoms. The molecule has 1 aromatic carbocycles. The maximum Gasteiger partial charge on any atom is 0.251 e. The Morgan fingerprint density at radius 3 is 2.68 bits per heavy atom. The SMILES string of the molecule is CC(NC(=O)c1cccc(C#CCN)c1)C(C)(C)C. The van der Waals surface area contributed by atoms with Crippen molar-refractivity contribution < 1.29 is 4.79 Å². The molecule has 0 aromatic heterocycles. The largest absolute Gasteiger partial charge is 0.349 e. The van der Waals surface area contributed by atoms with E-state index in [1.54, 1.807) is 12.1 Å². The first-order valence-electron chi connectivity index (χ1n) is 6.44. The van der Waals surface area contributed by atoms with Gasteiger partial charge in [-0.2, -0.15) is 0 Å². The normalized spacial score (nSPS) is 12.3. The minimum atomic E-state index is -0.0705. The molecule has 102 valence electrons. The van der Waals surface area contributed by atoms with E-state index in [1.165, 1.54) is 0 Å². The molecular formula is C16H22N2O. The van der Waals surface area contributed by atoms with E-state index in [0.717, 1.165) is 5.56 Å². The van der Waals surface area contributed by atoms with Gasteiger partial charge in [-0.05, 0) is 30.5 Å². The van der Waals surface area contributed by atoms with Crippen LogP contribution >= 0.6 is 0 Å². The maximum atomic E-state index is 12.1. The third kappa shape index (κ3) is 4.76. The Labute approximate surface area is 115 Å². The highest BCUT2D eigenvalue weighted by Gasteiger charge is 2.22. The second kappa shape index (κ2) is 6.40. The summed E-state index contributed by atoms with van der Waals surface area (Å²) in [4.78, 5) is 12.1. The number of benzene rings is 1. The Bertz CT molecular complexity index is 503. The summed E-state index contributed by atoms with van der Waals surface area (Å²) in [6, 6.07) is 7.37. The van der Waals surface area contributed by atoms with Crippen LogP contribution in [0.4, 0.5) is 0 Å². The molecule has 3 N–H and O–H groups in total. The Hall–Kier alpha value is -1.79. The number of hydrogen-bond acceptors (Lipinski definition) is 2. The monoisotopic (exact) mass is 258 g/mol. The van der Waals surface area contributed by atoms with Gasteiger partial charge in [0.2, 0.25) is 0 Å². The summed E-state index contributed by atoms with van der Waals surface area (Å²) in [5.74, 6) is 5.64. The summed E-state index contributed by atoms with van der Waals surface area (Å²) in [7, 11) is 0. The lowest BCUT2D eigenvalue weighted by atomic mass is 9.88. The van der Waals surface area contributed by atoms with Crippen LogP contribution in [0.15, 0.2) is 24.3 Å². The van der Waals surface area contributed by atoms with Crippen LogP contribution in [-0.4, -0.2) is 18.5 Å². The van der Waals surface area contributed by atoms with E-state index in [4.69, 9.17) is 5.73 Å². The number of hydrogen-bond donors (Lipinski definition) is 2. The fourth-order valence-corrected chi connectivity index (χ4v) is 1.39. The van der Waals surface area contributed by atoms with Gasteiger partial charge in [0.15, 0.2) is 0 Å². The van der Waals surface area contributed by atoms with Gasteiger partial charge in [0, 0.05) is 17.2 Å². The van der Waals surface area contributed by atoms with Crippen molar-refractivity contribution in [1.82, 2.24) is 5.32 Å². The average Bonchev–Trinajstić information content (AvgIpc) is 2.35. The lowest BCUT2D eigenvalue weighted by Gasteiger charge is -2.28. The number of nitrogens with two attached hydrogens (primary N) is 1. The lowest BCUT2D eigenvalue weighted by Crippen LogP contribution is -2.41. The first-order valence-corrected chi connectivity index (χ1v) is 6.44. The van der Waals surface area contributed by atoms with Crippen molar-refractivity contribution >= 4 is 5.91 Å². The first kappa shape index (κ1) is 15.3. The molecule has 1 amide bonds. The smallest absolute Gasteiger partial charge is 0.251 e. The molecule has 0 saturated heterocycles. The molecule has 3 nitrogen and oxygen atoms in total. The van der Waals surface area contributed by atoms with Crippen LogP contribution in [0.25, 0.3) is 0 Å². The van der Waals surface area contributed by atoms with Crippen molar-refractivity contribution in [2.75, 3.05) is 6.54 Å². The summed E-state index contributed by atoms with van der Waals surface area (Å²) in [5, 5.41) is 3.01. The average molecular weight is 258 g/mol. The molecule has 0 radical (unpaired) electrons. The highest BCUT2D eigenvalue weighted by Crippen LogP contribution is 2.19. The van der Waals surface area contributed by atoms with E-state index in [-0.39, 0.29) is 17.4 Å². The molecule has 1 atom stereocenters. The van der Waals surface area contributed by atoms with Crippen LogP contribution in [-0.2, 0) is 0 Å². The van der Waals surface area contributed by atoms with Gasteiger partial charge in [0.05, 0.1) is 6.54 Å². The molecule has 0 fully saturated rings. The zero-order chi connectivity index (χ0) is 14.5. The van der Waals surface area contributed by atoms with Gasteiger partial charge in [-0.3, -0.25) is 4.79 Å². The van der Waals surface area contributed by atoms with Gasteiger partial charge in [0.1, 0.15) is 0 Å². The van der Waals surface area contributed by atoms with Gasteiger partial charge in [-0.1, -0.05) is 38.7 Å². The van der Waals surface area contributed by atoms with Gasteiger partial charge < -0.3 is 11.1 Å². The number of carbonyl (C=O) groups excluding carboxylic acids is 1. The molecule has 1 unspecified atom stereocenters. The van der Waals surface area contributed by atoms with Crippen molar-refractivity contribution in [2.45, 2.75) is 33.7 Å². The minimum absolute atomic E-state index is 0.0344. The maximum absolute atomic E-state index is 12.1. The number of nitrogens with one attached hydrogen (secondary N) is 1. The molecule has 0 aliphatic heterocycles. The second-order valence-corrected chi connectivity index (χ2v) is 5.65. The molecule has 0 bridgehead atoms. The van der Waals surface area contributed by atoms with Crippen LogP contribution in [0.5, 0.6) is 0 Å². The van der Waals surface area contributed by atoms with E-state index >= 15 is 0 Å². The zero-order valence-electron chi connectivity index (χ0n) is 12.1. The van der Waals surface area contributed by atoms with E-state index in [0.29, 0.717) is 12.1 Å². The molecule has 0 spiro atoms. The topological polar surface area (TPSA) is 55.1 Å². The molecule has 19 heavy (non-hydrogen) atoms. The summed E-state index contributed by atoms with van der Waals surface area (Å²) in [5.41, 5.74) is 6.80. The third-order valence-corrected chi connectivity index (χ3v) is 3.11. The molecule has 0 heterocycles. The van der Waals surface area contributed by atoms with Gasteiger partial charge in [0.25, 0.3) is 5.91 Å². The van der Waals surface area contributed by atoms with E-state index < -0.39 is 0 Å². The predicted octanol–water partition coefficient (Wildman–Crippen LogP) is 2.16. The predicted molar refractivity (Wildman–Crippen MR) is 78.8 cm³/mol. The van der Waals surface area contributed by atoms with Crippen molar-refractivity contribution in [1.29, 1.82) is 0 Å². The van der Waals surface area contributed by atoms with E-state index in [1.807, 2.05) is 19.1 Å². The third-order valence-electron chi connectivity index (χ3n) is 3.11. The van der Waals surface area contributed by atoms with Crippen LogP contribution < -0.4 is 11.1 Å². The Balaban J connectivity index is 2.83. The fraction of sp³-hybridized carbons (Fsp3) is 0.438. The molecular weight excluding hydrogens is 236 g/mol. The van der Waals surface area contributed by atoms with Crippen LogP contribution in [0.3, 0.4) is 0 Å². The summed E-state index contributed by atoms with van der Waals surface area (Å²) >= 11 is 0. The highest BCUT2D eigenvalue weighted by atomic mass is 16.1. The quantitative estimate of drug-likeness (QED) is 0.799. The molecule has 1 rings (SSSR count). The molecule has 0 aliphatic rings. The van der Waals surface area contributed by atoms with Gasteiger partial charge in [-0.25, -0.2) is 0 Å². The lowest BCUT2D eigenvalue weighted by molar-refractivity contribution is 0.0910. The van der Waals surface area contributed by atoms with E-state index in [9.17, 15) is 4.79 Å². The Morgan fingerprint density at radius 1 is 1.42 bits per heavy atom. The molecule has 0 saturated carbocycles. The van der Waals surface area contributed by atoms with Crippen molar-refractivity contribution in [2.24, 2.45) is 11.1 Å². The summed E-state index contributed by atoms with van der Waals surface area (Å²) in [6.07, 6.45) is 0. The first-order chi connectivity index (χ1) is 8.84. The Kier molecular flexibility index (Phi) is 5.14. The standard InChI is InChI=1S/C16H22N2O/c1-12(16(2,3)4)18-15(19)14-9-5-7-13(11-14)8-6-10-17/h5,7,9,11-12H,10,17H2,1-4H3,(H,18,19). The van der Waals surface area contributed by atoms with Crippen LogP contribution in [0, 0.1) is 17.3 Å². The van der Waals surface area contributed by atoms with Crippen LogP contribution in [0.1, 0.15) is 43.6 Å². The minimum Gasteiger partial charge on any atom is -0.349 e. The van der Waals surface area contributed by atoms with Gasteiger partial charge in [-0.15, -0.1) is 0 Å². The van der Waals surface area contributed by atoms with Crippen molar-refractivity contribution in [3.05, 3.63) is 35.4 Å². The summed E-state index contributed by atoms with van der Waals surface area (Å²) in [6.45, 7) is 8.62. The number of rotatable bonds is 2. The molecule has 0 aliphatic carbocycles. The Morgan fingerprint density at radius 2 is 2.11 bits per heavy atom. The number of amides is 1. The second-order valence-electron chi connectivity index (χ2n) is 5.65. The van der Waals surface area contributed by atoms with Gasteiger partial charge >= 0.3 is 0 Å². The molecule has 1 aromatic rings. The van der Waals surface area contributed by atoms with Crippen LogP contribution in [0.2, 0.25) is 0 Å². The highest BCUT2D eigenvalue weighted by molar-refractivity contribution is 5.94. The fourth-order valence-electron chi connectivity index (χ4n) is 1.39. The van der Waals surface area contributed by atoms with E-state index in [2.05, 4.69) is 37.9 Å². The summed E-state index contributed by atoms with van der Waals surface area (Å²) < 4.78 is 0. The number of carbonyl (C=O) groups is 1.